The minimum atomic E-state index is -0.530. The van der Waals surface area contributed by atoms with Crippen LogP contribution >= 0.6 is 0 Å². The molecule has 5 fully saturated rings. The highest BCUT2D eigenvalue weighted by atomic mass is 16.5. The number of fused-ring (bicyclic) bond motifs is 3. The monoisotopic (exact) mass is 504 g/mol. The van der Waals surface area contributed by atoms with Crippen molar-refractivity contribution < 1.29 is 14.6 Å². The van der Waals surface area contributed by atoms with E-state index < -0.39 is 5.60 Å². The van der Waals surface area contributed by atoms with E-state index in [2.05, 4.69) is 46.4 Å². The van der Waals surface area contributed by atoms with Gasteiger partial charge in [-0.3, -0.25) is 9.69 Å². The molecule has 1 atom stereocenters. The molecule has 2 bridgehead atoms. The van der Waals surface area contributed by atoms with Crippen LogP contribution in [0, 0.1) is 0 Å². The van der Waals surface area contributed by atoms with Crippen LogP contribution in [0.15, 0.2) is 36.5 Å². The Morgan fingerprint density at radius 1 is 1.05 bits per heavy atom. The van der Waals surface area contributed by atoms with Crippen LogP contribution in [0.5, 0.6) is 0 Å². The number of aliphatic hydroxyl groups is 1. The number of aromatic nitrogens is 1. The predicted octanol–water partition coefficient (Wildman–Crippen LogP) is 4.04. The zero-order chi connectivity index (χ0) is 25.7. The normalized spacial score (nSPS) is 32.5. The van der Waals surface area contributed by atoms with Crippen LogP contribution < -0.4 is 11.1 Å². The number of anilines is 1. The fourth-order valence-electron chi connectivity index (χ4n) is 7.14. The van der Waals surface area contributed by atoms with Gasteiger partial charge in [-0.25, -0.2) is 4.98 Å². The molecule has 7 heteroatoms. The van der Waals surface area contributed by atoms with Crippen molar-refractivity contribution in [1.29, 1.82) is 0 Å². The van der Waals surface area contributed by atoms with E-state index in [1.165, 1.54) is 5.56 Å². The second kappa shape index (κ2) is 9.37. The third-order valence-electron chi connectivity index (χ3n) is 9.87. The van der Waals surface area contributed by atoms with Crippen LogP contribution in [-0.4, -0.2) is 64.4 Å². The fourth-order valence-corrected chi connectivity index (χ4v) is 7.14. The zero-order valence-corrected chi connectivity index (χ0v) is 22.0. The van der Waals surface area contributed by atoms with Crippen molar-refractivity contribution in [1.82, 2.24) is 15.2 Å². The number of nitrogens with zero attached hydrogens (tertiary/aromatic N) is 2. The van der Waals surface area contributed by atoms with E-state index in [4.69, 9.17) is 10.5 Å². The van der Waals surface area contributed by atoms with Crippen molar-refractivity contribution in [3.63, 3.8) is 0 Å². The summed E-state index contributed by atoms with van der Waals surface area (Å²) in [5.74, 6) is 0.0894. The van der Waals surface area contributed by atoms with Crippen LogP contribution in [0.1, 0.15) is 80.6 Å². The number of amides is 1. The minimum Gasteiger partial charge on any atom is -0.390 e. The number of hydrogen-bond acceptors (Lipinski definition) is 6. The molecule has 0 radical (unpaired) electrons. The summed E-state index contributed by atoms with van der Waals surface area (Å²) in [5.41, 5.74) is 9.26. The summed E-state index contributed by atoms with van der Waals surface area (Å²) < 4.78 is 5.56. The van der Waals surface area contributed by atoms with E-state index in [0.29, 0.717) is 11.6 Å². The Hall–Kier alpha value is -2.48. The molecule has 3 saturated carbocycles. The molecular formula is C30H40N4O3. The Bertz CT molecular complexity index is 1140. The van der Waals surface area contributed by atoms with E-state index in [9.17, 15) is 9.90 Å². The van der Waals surface area contributed by atoms with Gasteiger partial charge >= 0.3 is 0 Å². The molecule has 7 rings (SSSR count). The summed E-state index contributed by atoms with van der Waals surface area (Å²) in [6.45, 7) is 6.37. The highest BCUT2D eigenvalue weighted by Gasteiger charge is 2.48. The van der Waals surface area contributed by atoms with E-state index in [1.54, 1.807) is 6.20 Å². The lowest BCUT2D eigenvalue weighted by Gasteiger charge is -2.51. The molecule has 3 aliphatic carbocycles. The van der Waals surface area contributed by atoms with Crippen LogP contribution in [0.25, 0.3) is 11.1 Å². The number of ether oxygens (including phenoxy) is 1. The maximum atomic E-state index is 13.3. The molecule has 4 N–H and O–H groups in total. The molecule has 2 aromatic rings. The summed E-state index contributed by atoms with van der Waals surface area (Å²) in [7, 11) is 0. The number of likely N-dealkylation sites (tertiary alicyclic amines) is 1. The highest BCUT2D eigenvalue weighted by molar-refractivity contribution is 5.99. The van der Waals surface area contributed by atoms with Crippen molar-refractivity contribution in [2.24, 2.45) is 0 Å². The first-order valence-corrected chi connectivity index (χ1v) is 14.0. The lowest BCUT2D eigenvalue weighted by atomic mass is 9.63. The van der Waals surface area contributed by atoms with E-state index >= 15 is 0 Å². The topological polar surface area (TPSA) is 101 Å². The van der Waals surface area contributed by atoms with Gasteiger partial charge in [-0.1, -0.05) is 31.2 Å². The molecule has 198 valence electrons. The molecule has 3 heterocycles. The zero-order valence-electron chi connectivity index (χ0n) is 22.0. The summed E-state index contributed by atoms with van der Waals surface area (Å²) in [6, 6.07) is 11.3. The summed E-state index contributed by atoms with van der Waals surface area (Å²) in [4.78, 5) is 20.3. The molecular weight excluding hydrogens is 464 g/mol. The van der Waals surface area contributed by atoms with Gasteiger partial charge in [-0.15, -0.1) is 0 Å². The molecule has 0 spiro atoms. The van der Waals surface area contributed by atoms with Crippen molar-refractivity contribution in [3.8, 4) is 11.1 Å². The van der Waals surface area contributed by atoms with Gasteiger partial charge in [0.2, 0.25) is 0 Å². The molecule has 5 aliphatic rings. The molecule has 0 unspecified atom stereocenters. The molecule has 2 saturated heterocycles. The van der Waals surface area contributed by atoms with Gasteiger partial charge < -0.3 is 20.9 Å². The smallest absolute Gasteiger partial charge is 0.255 e. The Morgan fingerprint density at radius 3 is 2.41 bits per heavy atom. The van der Waals surface area contributed by atoms with Gasteiger partial charge in [0.1, 0.15) is 5.82 Å². The number of hydrogen-bond donors (Lipinski definition) is 3. The van der Waals surface area contributed by atoms with Crippen LogP contribution in [0.3, 0.4) is 0 Å². The Balaban J connectivity index is 1.16. The minimum absolute atomic E-state index is 0.146. The number of benzene rings is 1. The van der Waals surface area contributed by atoms with Gasteiger partial charge in [-0.05, 0) is 81.5 Å². The number of carbonyl (C=O) groups is 1. The van der Waals surface area contributed by atoms with Crippen molar-refractivity contribution in [2.75, 3.05) is 32.0 Å². The molecule has 37 heavy (non-hydrogen) atoms. The Morgan fingerprint density at radius 2 is 1.73 bits per heavy atom. The maximum Gasteiger partial charge on any atom is 0.255 e. The number of nitrogens with one attached hydrogen (secondary N) is 1. The van der Waals surface area contributed by atoms with Crippen molar-refractivity contribution in [2.45, 2.75) is 87.3 Å². The van der Waals surface area contributed by atoms with E-state index in [0.717, 1.165) is 95.2 Å². The maximum absolute atomic E-state index is 13.3. The SMILES string of the molecule is C[C@]1(c2ccc(-c3cnc(N)c(C(=O)NC45CCC(O)(CC4)CC5)c3)cc2)CCN(C2CCOCC2)C1. The van der Waals surface area contributed by atoms with E-state index in [1.807, 2.05) is 6.07 Å². The second-order valence-electron chi connectivity index (χ2n) is 12.3. The lowest BCUT2D eigenvalue weighted by molar-refractivity contribution is -0.0702. The lowest BCUT2D eigenvalue weighted by Crippen LogP contribution is -2.58. The van der Waals surface area contributed by atoms with Crippen LogP contribution in [-0.2, 0) is 10.2 Å². The number of carbonyl (C=O) groups excluding carboxylic acids is 1. The van der Waals surface area contributed by atoms with Crippen molar-refractivity contribution >= 4 is 11.7 Å². The van der Waals surface area contributed by atoms with Gasteiger partial charge in [0.05, 0.1) is 11.2 Å². The quantitative estimate of drug-likeness (QED) is 0.568. The molecule has 7 nitrogen and oxygen atoms in total. The van der Waals surface area contributed by atoms with E-state index in [-0.39, 0.29) is 22.7 Å². The van der Waals surface area contributed by atoms with Crippen LogP contribution in [0.2, 0.25) is 0 Å². The van der Waals surface area contributed by atoms with Gasteiger partial charge in [-0.2, -0.15) is 0 Å². The third kappa shape index (κ3) is 4.77. The number of rotatable bonds is 5. The fraction of sp³-hybridized carbons (Fsp3) is 0.600. The second-order valence-corrected chi connectivity index (χ2v) is 12.3. The Kier molecular flexibility index (Phi) is 6.29. The average Bonchev–Trinajstić information content (AvgIpc) is 3.34. The Labute approximate surface area is 219 Å². The van der Waals surface area contributed by atoms with Crippen LogP contribution in [0.4, 0.5) is 5.82 Å². The predicted molar refractivity (Wildman–Crippen MR) is 144 cm³/mol. The van der Waals surface area contributed by atoms with Gasteiger partial charge in [0.15, 0.2) is 0 Å². The number of nitrogens with two attached hydrogens (primary N) is 1. The molecule has 1 amide bonds. The molecule has 1 aromatic heterocycles. The first-order chi connectivity index (χ1) is 17.8. The summed E-state index contributed by atoms with van der Waals surface area (Å²) in [6.07, 6.45) is 9.88. The molecule has 1 aromatic carbocycles. The average molecular weight is 505 g/mol. The first-order valence-electron chi connectivity index (χ1n) is 14.0. The van der Waals surface area contributed by atoms with Crippen molar-refractivity contribution in [3.05, 3.63) is 47.7 Å². The number of nitrogen functional groups attached to an aromatic ring is 1. The molecule has 2 aliphatic heterocycles. The highest BCUT2D eigenvalue weighted by Crippen LogP contribution is 2.47. The largest absolute Gasteiger partial charge is 0.390 e. The summed E-state index contributed by atoms with van der Waals surface area (Å²) >= 11 is 0. The summed E-state index contributed by atoms with van der Waals surface area (Å²) in [5, 5.41) is 13.8. The third-order valence-corrected chi connectivity index (χ3v) is 9.87. The van der Waals surface area contributed by atoms with Gasteiger partial charge in [0, 0.05) is 48.5 Å². The standard InChI is InChI=1S/C30H40N4O3/c1-28(14-15-34(20-28)24-6-16-37-17-7-24)23-4-2-21(3-5-23)22-18-25(26(31)32-19-22)27(35)33-29-8-11-30(36,12-9-29)13-10-29/h2-5,18-19,24,36H,6-17,20H2,1H3,(H2,31,32)(H,33,35)/t28-,29?,30?/m0/s1. The first kappa shape index (κ1) is 24.8. The number of pyridine rings is 1. The van der Waals surface area contributed by atoms with Gasteiger partial charge in [0.25, 0.3) is 5.91 Å².